The van der Waals surface area contributed by atoms with Crippen LogP contribution < -0.4 is 20.7 Å². The van der Waals surface area contributed by atoms with Gasteiger partial charge in [0, 0.05) is 24.9 Å². The van der Waals surface area contributed by atoms with E-state index in [1.807, 2.05) is 0 Å². The first-order valence-electron chi connectivity index (χ1n) is 14.3. The highest BCUT2D eigenvalue weighted by Crippen LogP contribution is 2.50. The third-order valence-corrected chi connectivity index (χ3v) is 8.24. The summed E-state index contributed by atoms with van der Waals surface area (Å²) in [5.74, 6) is -4.65. The second-order valence-corrected chi connectivity index (χ2v) is 11.1. The molecule has 1 amide bonds. The van der Waals surface area contributed by atoms with Crippen LogP contribution in [0.2, 0.25) is 0 Å². The van der Waals surface area contributed by atoms with Crippen molar-refractivity contribution < 1.29 is 37.3 Å². The SMILES string of the molecule is COC(c1ccc(F)cc1)C1(C(C(=O)Nc2ccc(OC(C)C(=O)O)cc2)C2CCCCC2)Nc2cc(F)c(F)cc2N1. The molecule has 2 aliphatic rings. The molecule has 0 spiro atoms. The number of carboxylic acids is 1. The van der Waals surface area contributed by atoms with Crippen molar-refractivity contribution in [3.05, 3.63) is 83.7 Å². The number of benzene rings is 3. The number of anilines is 3. The van der Waals surface area contributed by atoms with Crippen LogP contribution in [0.4, 0.5) is 30.2 Å². The average molecular weight is 598 g/mol. The van der Waals surface area contributed by atoms with Crippen LogP contribution in [0.5, 0.6) is 5.75 Å². The van der Waals surface area contributed by atoms with E-state index in [2.05, 4.69) is 16.0 Å². The maximum atomic E-state index is 14.4. The number of fused-ring (bicyclic) bond motifs is 1. The molecule has 11 heteroatoms. The third-order valence-electron chi connectivity index (χ3n) is 8.24. The molecular weight excluding hydrogens is 563 g/mol. The lowest BCUT2D eigenvalue weighted by atomic mass is 9.70. The van der Waals surface area contributed by atoms with Crippen molar-refractivity contribution in [2.75, 3.05) is 23.1 Å². The van der Waals surface area contributed by atoms with E-state index in [0.717, 1.165) is 44.2 Å². The van der Waals surface area contributed by atoms with Crippen molar-refractivity contribution in [1.29, 1.82) is 0 Å². The Hall–Kier alpha value is -4.25. The molecule has 0 radical (unpaired) electrons. The van der Waals surface area contributed by atoms with Crippen molar-refractivity contribution >= 4 is 28.9 Å². The lowest BCUT2D eigenvalue weighted by Crippen LogP contribution is -2.60. The van der Waals surface area contributed by atoms with E-state index in [4.69, 9.17) is 14.6 Å². The fourth-order valence-electron chi connectivity index (χ4n) is 6.25. The van der Waals surface area contributed by atoms with E-state index in [1.165, 1.54) is 26.2 Å². The summed E-state index contributed by atoms with van der Waals surface area (Å²) in [5.41, 5.74) is 0.123. The molecule has 43 heavy (non-hydrogen) atoms. The summed E-state index contributed by atoms with van der Waals surface area (Å²) < 4.78 is 54.1. The van der Waals surface area contributed by atoms with Crippen LogP contribution in [0.15, 0.2) is 60.7 Å². The molecule has 3 aromatic carbocycles. The van der Waals surface area contributed by atoms with E-state index < -0.39 is 47.2 Å². The monoisotopic (exact) mass is 597 g/mol. The van der Waals surface area contributed by atoms with Crippen molar-refractivity contribution in [2.45, 2.75) is 56.9 Å². The van der Waals surface area contributed by atoms with Crippen LogP contribution in [0.3, 0.4) is 0 Å². The molecule has 5 rings (SSSR count). The molecule has 1 heterocycles. The Morgan fingerprint density at radius 1 is 0.930 bits per heavy atom. The van der Waals surface area contributed by atoms with E-state index in [0.29, 0.717) is 17.0 Å². The summed E-state index contributed by atoms with van der Waals surface area (Å²) in [7, 11) is 1.47. The summed E-state index contributed by atoms with van der Waals surface area (Å²) in [5, 5.41) is 18.7. The van der Waals surface area contributed by atoms with Gasteiger partial charge in [-0.2, -0.15) is 0 Å². The normalized spacial score (nSPS) is 18.0. The summed E-state index contributed by atoms with van der Waals surface area (Å²) in [6, 6.07) is 14.1. The number of nitrogens with one attached hydrogen (secondary N) is 3. The number of ether oxygens (including phenoxy) is 2. The van der Waals surface area contributed by atoms with E-state index in [1.54, 1.807) is 36.4 Å². The zero-order chi connectivity index (χ0) is 30.7. The second-order valence-electron chi connectivity index (χ2n) is 11.1. The average Bonchev–Trinajstić information content (AvgIpc) is 3.34. The number of halogens is 3. The minimum atomic E-state index is -1.42. The van der Waals surface area contributed by atoms with E-state index in [9.17, 15) is 22.8 Å². The van der Waals surface area contributed by atoms with Crippen molar-refractivity contribution in [1.82, 2.24) is 0 Å². The van der Waals surface area contributed by atoms with E-state index in [-0.39, 0.29) is 23.2 Å². The Labute approximate surface area is 247 Å². The van der Waals surface area contributed by atoms with Crippen molar-refractivity contribution in [2.24, 2.45) is 11.8 Å². The molecule has 0 aromatic heterocycles. The zero-order valence-corrected chi connectivity index (χ0v) is 23.8. The first-order valence-corrected chi connectivity index (χ1v) is 14.3. The second kappa shape index (κ2) is 12.5. The van der Waals surface area contributed by atoms with Gasteiger partial charge in [-0.25, -0.2) is 18.0 Å². The number of amides is 1. The Bertz CT molecular complexity index is 1430. The van der Waals surface area contributed by atoms with Crippen molar-refractivity contribution in [3.8, 4) is 5.75 Å². The Kier molecular flexibility index (Phi) is 8.82. The number of carbonyl (C=O) groups excluding carboxylic acids is 1. The summed E-state index contributed by atoms with van der Waals surface area (Å²) in [4.78, 5) is 25.5. The molecule has 0 saturated heterocycles. The fourth-order valence-corrected chi connectivity index (χ4v) is 6.25. The van der Waals surface area contributed by atoms with Crippen LogP contribution >= 0.6 is 0 Å². The maximum Gasteiger partial charge on any atom is 0.344 e. The number of hydrogen-bond donors (Lipinski definition) is 4. The fraction of sp³-hybridized carbons (Fsp3) is 0.375. The third kappa shape index (κ3) is 6.27. The summed E-state index contributed by atoms with van der Waals surface area (Å²) in [6.45, 7) is 1.41. The molecule has 1 aliphatic heterocycles. The topological polar surface area (TPSA) is 109 Å². The quantitative estimate of drug-likeness (QED) is 0.206. The molecule has 3 atom stereocenters. The molecular formula is C32H34F3N3O5. The lowest BCUT2D eigenvalue weighted by molar-refractivity contribution is -0.144. The highest BCUT2D eigenvalue weighted by atomic mass is 19.2. The molecule has 1 aliphatic carbocycles. The van der Waals surface area contributed by atoms with Gasteiger partial charge >= 0.3 is 5.97 Å². The van der Waals surface area contributed by atoms with Gasteiger partial charge < -0.3 is 30.5 Å². The van der Waals surface area contributed by atoms with Crippen LogP contribution in [-0.4, -0.2) is 35.9 Å². The number of hydrogen-bond acceptors (Lipinski definition) is 6. The first kappa shape index (κ1) is 30.2. The molecule has 0 bridgehead atoms. The summed E-state index contributed by atoms with van der Waals surface area (Å²) in [6.07, 6.45) is 2.37. The predicted octanol–water partition coefficient (Wildman–Crippen LogP) is 6.71. The molecule has 1 fully saturated rings. The summed E-state index contributed by atoms with van der Waals surface area (Å²) >= 11 is 0. The van der Waals surface area contributed by atoms with Gasteiger partial charge in [-0.15, -0.1) is 0 Å². The minimum Gasteiger partial charge on any atom is -0.479 e. The lowest BCUT2D eigenvalue weighted by Gasteiger charge is -2.46. The number of rotatable bonds is 10. The standard InChI is InChI=1S/C32H34F3N3O5/c1-18(31(40)41)43-23-14-12-22(13-15-23)36-30(39)28(19-6-4-3-5-7-19)32(29(42-2)20-8-10-21(33)11-9-20)37-26-16-24(34)25(35)17-27(26)38-32/h8-19,28-29,37-38H,3-7H2,1-2H3,(H,36,39)(H,40,41). The Morgan fingerprint density at radius 2 is 1.51 bits per heavy atom. The number of carboxylic acid groups (broad SMARTS) is 1. The van der Waals surface area contributed by atoms with Gasteiger partial charge in [0.05, 0.1) is 17.3 Å². The largest absolute Gasteiger partial charge is 0.479 e. The van der Waals surface area contributed by atoms with Gasteiger partial charge in [-0.1, -0.05) is 31.4 Å². The zero-order valence-electron chi connectivity index (χ0n) is 23.8. The predicted molar refractivity (Wildman–Crippen MR) is 155 cm³/mol. The van der Waals surface area contributed by atoms with Crippen LogP contribution in [0, 0.1) is 29.3 Å². The Balaban J connectivity index is 1.55. The number of methoxy groups -OCH3 is 1. The molecule has 4 N–H and O–H groups in total. The maximum absolute atomic E-state index is 14.4. The molecule has 3 aromatic rings. The smallest absolute Gasteiger partial charge is 0.344 e. The highest BCUT2D eigenvalue weighted by Gasteiger charge is 2.56. The van der Waals surface area contributed by atoms with Gasteiger partial charge in [0.1, 0.15) is 17.7 Å². The number of carbonyl (C=O) groups is 2. The first-order chi connectivity index (χ1) is 20.6. The van der Waals surface area contributed by atoms with Gasteiger partial charge in [0.15, 0.2) is 23.4 Å². The van der Waals surface area contributed by atoms with Gasteiger partial charge in [0.25, 0.3) is 0 Å². The van der Waals surface area contributed by atoms with Crippen molar-refractivity contribution in [3.63, 3.8) is 0 Å². The Morgan fingerprint density at radius 3 is 2.05 bits per heavy atom. The minimum absolute atomic E-state index is 0.144. The molecule has 3 unspecified atom stereocenters. The van der Waals surface area contributed by atoms with Gasteiger partial charge in [-0.05, 0) is 67.6 Å². The van der Waals surface area contributed by atoms with Crippen LogP contribution in [-0.2, 0) is 14.3 Å². The van der Waals surface area contributed by atoms with Crippen LogP contribution in [0.1, 0.15) is 50.7 Å². The molecule has 228 valence electrons. The van der Waals surface area contributed by atoms with Crippen LogP contribution in [0.25, 0.3) is 0 Å². The van der Waals surface area contributed by atoms with E-state index >= 15 is 0 Å². The van der Waals surface area contributed by atoms with Gasteiger partial charge in [-0.3, -0.25) is 4.79 Å². The highest BCUT2D eigenvalue weighted by molar-refractivity contribution is 5.96. The van der Waals surface area contributed by atoms with Gasteiger partial charge in [0.2, 0.25) is 5.91 Å². The number of aliphatic carboxylic acids is 1. The molecule has 1 saturated carbocycles. The molecule has 8 nitrogen and oxygen atoms in total.